The second-order valence-corrected chi connectivity index (χ2v) is 7.50. The first-order valence-electron chi connectivity index (χ1n) is 9.86. The van der Waals surface area contributed by atoms with Gasteiger partial charge in [-0.3, -0.25) is 24.7 Å². The van der Waals surface area contributed by atoms with Crippen molar-refractivity contribution in [2.75, 3.05) is 0 Å². The molecule has 0 fully saturated rings. The van der Waals surface area contributed by atoms with Crippen molar-refractivity contribution < 1.29 is 40.7 Å². The fraction of sp³-hybridized carbons (Fsp3) is 0.130. The number of halogens is 6. The molecule has 0 saturated carbocycles. The third-order valence-electron chi connectivity index (χ3n) is 5.26. The highest BCUT2D eigenvalue weighted by Crippen LogP contribution is 2.36. The lowest BCUT2D eigenvalue weighted by molar-refractivity contribution is -0.139. The molecule has 0 spiro atoms. The molecule has 0 radical (unpaired) electrons. The zero-order valence-electron chi connectivity index (χ0n) is 17.3. The number of amides is 3. The summed E-state index contributed by atoms with van der Waals surface area (Å²) in [5.41, 5.74) is -3.18. The Bertz CT molecular complexity index is 1330. The smallest absolute Gasteiger partial charge is 0.340 e. The van der Waals surface area contributed by atoms with E-state index in [9.17, 15) is 40.7 Å². The molecular weight excluding hydrogens is 480 g/mol. The predicted molar refractivity (Wildman–Crippen MR) is 108 cm³/mol. The number of pyridine rings is 1. The molecule has 0 unspecified atom stereocenters. The fourth-order valence-corrected chi connectivity index (χ4v) is 3.58. The molecular formula is C23H13F6N3O3. The zero-order valence-corrected chi connectivity index (χ0v) is 17.3. The van der Waals surface area contributed by atoms with Gasteiger partial charge in [-0.15, -0.1) is 0 Å². The van der Waals surface area contributed by atoms with Crippen LogP contribution in [0.3, 0.4) is 0 Å². The number of carbonyl (C=O) groups is 3. The monoisotopic (exact) mass is 493 g/mol. The van der Waals surface area contributed by atoms with Crippen molar-refractivity contribution in [2.24, 2.45) is 0 Å². The molecule has 2 aromatic carbocycles. The maximum atomic E-state index is 13.7. The first kappa shape index (κ1) is 23.9. The Morgan fingerprint density at radius 3 is 2.14 bits per heavy atom. The molecule has 1 aliphatic rings. The van der Waals surface area contributed by atoms with Crippen molar-refractivity contribution in [1.29, 1.82) is 0 Å². The van der Waals surface area contributed by atoms with Gasteiger partial charge in [0.05, 0.1) is 34.0 Å². The Labute approximate surface area is 193 Å². The highest BCUT2D eigenvalue weighted by atomic mass is 19.4. The summed E-state index contributed by atoms with van der Waals surface area (Å²) < 4.78 is 79.9. The normalized spacial score (nSPS) is 14.3. The number of rotatable bonds is 4. The van der Waals surface area contributed by atoms with Crippen LogP contribution in [0.4, 0.5) is 26.3 Å². The number of aromatic nitrogens is 1. The van der Waals surface area contributed by atoms with Crippen molar-refractivity contribution in [3.63, 3.8) is 0 Å². The van der Waals surface area contributed by atoms with Crippen LogP contribution in [0.5, 0.6) is 0 Å². The van der Waals surface area contributed by atoms with Gasteiger partial charge in [0.15, 0.2) is 0 Å². The molecule has 2 heterocycles. The lowest BCUT2D eigenvalue weighted by Gasteiger charge is -2.23. The number of alkyl halides is 6. The summed E-state index contributed by atoms with van der Waals surface area (Å²) >= 11 is 0. The third kappa shape index (κ3) is 4.72. The van der Waals surface area contributed by atoms with Crippen LogP contribution in [0.25, 0.3) is 0 Å². The van der Waals surface area contributed by atoms with E-state index in [1.54, 1.807) is 0 Å². The Hall–Kier alpha value is -4.22. The Kier molecular flexibility index (Phi) is 5.83. The molecule has 35 heavy (non-hydrogen) atoms. The second kappa shape index (κ2) is 8.53. The Morgan fingerprint density at radius 2 is 1.51 bits per heavy atom. The number of fused-ring (bicyclic) bond motifs is 1. The number of nitrogens with zero attached hydrogens (tertiary/aromatic N) is 1. The SMILES string of the molecule is O=C(N[C@@H](c1ccc(C(F)(F)F)cc1)c1ncccc1C(F)(F)F)c1ccc2c(c1)C(=O)NC2=O. The summed E-state index contributed by atoms with van der Waals surface area (Å²) in [6.07, 6.45) is -8.49. The molecule has 3 amide bonds. The van der Waals surface area contributed by atoms with E-state index in [1.807, 2.05) is 5.32 Å². The zero-order chi connectivity index (χ0) is 25.5. The van der Waals surface area contributed by atoms with Crippen molar-refractivity contribution in [3.8, 4) is 0 Å². The molecule has 3 aromatic rings. The van der Waals surface area contributed by atoms with Gasteiger partial charge >= 0.3 is 12.4 Å². The van der Waals surface area contributed by atoms with Crippen molar-refractivity contribution in [1.82, 2.24) is 15.6 Å². The highest BCUT2D eigenvalue weighted by Gasteiger charge is 2.38. The van der Waals surface area contributed by atoms with Crippen LogP contribution < -0.4 is 10.6 Å². The van der Waals surface area contributed by atoms with Crippen molar-refractivity contribution >= 4 is 17.7 Å². The average molecular weight is 493 g/mol. The molecule has 6 nitrogen and oxygen atoms in total. The van der Waals surface area contributed by atoms with Gasteiger partial charge in [-0.2, -0.15) is 26.3 Å². The minimum Gasteiger partial charge on any atom is -0.340 e. The molecule has 4 rings (SSSR count). The van der Waals surface area contributed by atoms with E-state index in [0.717, 1.165) is 36.5 Å². The predicted octanol–water partition coefficient (Wildman–Crippen LogP) is 4.52. The highest BCUT2D eigenvalue weighted by molar-refractivity contribution is 6.22. The number of carbonyl (C=O) groups excluding carboxylic acids is 3. The van der Waals surface area contributed by atoms with Crippen LogP contribution in [0, 0.1) is 0 Å². The maximum Gasteiger partial charge on any atom is 0.418 e. The van der Waals surface area contributed by atoms with E-state index in [0.29, 0.717) is 12.1 Å². The van der Waals surface area contributed by atoms with E-state index in [4.69, 9.17) is 0 Å². The molecule has 1 aliphatic heterocycles. The molecule has 0 saturated heterocycles. The summed E-state index contributed by atoms with van der Waals surface area (Å²) in [5, 5.41) is 4.40. The number of benzene rings is 2. The molecule has 1 atom stereocenters. The number of imide groups is 1. The maximum absolute atomic E-state index is 13.7. The van der Waals surface area contributed by atoms with Crippen LogP contribution in [-0.4, -0.2) is 22.7 Å². The molecule has 0 bridgehead atoms. The van der Waals surface area contributed by atoms with Crippen LogP contribution in [-0.2, 0) is 12.4 Å². The summed E-state index contributed by atoms with van der Waals surface area (Å²) in [6, 6.07) is 6.91. The summed E-state index contributed by atoms with van der Waals surface area (Å²) in [6.45, 7) is 0. The first-order chi connectivity index (χ1) is 16.4. The minimum atomic E-state index is -4.87. The quantitative estimate of drug-likeness (QED) is 0.413. The van der Waals surface area contributed by atoms with Gasteiger partial charge < -0.3 is 5.32 Å². The van der Waals surface area contributed by atoms with Crippen molar-refractivity contribution in [2.45, 2.75) is 18.4 Å². The minimum absolute atomic E-state index is 0.0231. The van der Waals surface area contributed by atoms with Gasteiger partial charge in [0.2, 0.25) is 0 Å². The molecule has 0 aliphatic carbocycles. The average Bonchev–Trinajstić information content (AvgIpc) is 3.09. The van der Waals surface area contributed by atoms with E-state index in [2.05, 4.69) is 10.3 Å². The standard InChI is InChI=1S/C23H13F6N3O3/c24-22(25,26)13-6-3-11(4-7-13)17(18-16(23(27,28)29)2-1-9-30-18)31-19(33)12-5-8-14-15(10-12)21(35)32-20(14)34/h1-10,17H,(H,31,33)(H,32,34,35)/t17-/m0/s1. The Balaban J connectivity index is 1.76. The van der Waals surface area contributed by atoms with Gasteiger partial charge in [-0.05, 0) is 48.0 Å². The van der Waals surface area contributed by atoms with Gasteiger partial charge in [0.1, 0.15) is 0 Å². The molecule has 1 aromatic heterocycles. The van der Waals surface area contributed by atoms with Crippen molar-refractivity contribution in [3.05, 3.63) is 99.9 Å². The van der Waals surface area contributed by atoms with Crippen LogP contribution >= 0.6 is 0 Å². The van der Waals surface area contributed by atoms with E-state index >= 15 is 0 Å². The summed E-state index contributed by atoms with van der Waals surface area (Å²) in [7, 11) is 0. The molecule has 2 N–H and O–H groups in total. The van der Waals surface area contributed by atoms with E-state index in [1.165, 1.54) is 12.1 Å². The number of hydrogen-bond acceptors (Lipinski definition) is 4. The van der Waals surface area contributed by atoms with Gasteiger partial charge in [-0.25, -0.2) is 0 Å². The topological polar surface area (TPSA) is 88.2 Å². The first-order valence-corrected chi connectivity index (χ1v) is 9.86. The lowest BCUT2D eigenvalue weighted by Crippen LogP contribution is -2.32. The second-order valence-electron chi connectivity index (χ2n) is 7.50. The number of hydrogen-bond donors (Lipinski definition) is 2. The summed E-state index contributed by atoms with van der Waals surface area (Å²) in [5.74, 6) is -2.35. The summed E-state index contributed by atoms with van der Waals surface area (Å²) in [4.78, 5) is 40.3. The van der Waals surface area contributed by atoms with Gasteiger partial charge in [0, 0.05) is 11.8 Å². The van der Waals surface area contributed by atoms with E-state index in [-0.39, 0.29) is 22.3 Å². The van der Waals surface area contributed by atoms with Crippen LogP contribution in [0.1, 0.15) is 59.5 Å². The molecule has 12 heteroatoms. The Morgan fingerprint density at radius 1 is 0.857 bits per heavy atom. The van der Waals surface area contributed by atoms with Crippen LogP contribution in [0.15, 0.2) is 60.8 Å². The van der Waals surface area contributed by atoms with Crippen LogP contribution in [0.2, 0.25) is 0 Å². The number of nitrogens with one attached hydrogen (secondary N) is 2. The fourth-order valence-electron chi connectivity index (χ4n) is 3.58. The lowest BCUT2D eigenvalue weighted by atomic mass is 9.97. The van der Waals surface area contributed by atoms with Gasteiger partial charge in [0.25, 0.3) is 17.7 Å². The van der Waals surface area contributed by atoms with Gasteiger partial charge in [-0.1, -0.05) is 12.1 Å². The third-order valence-corrected chi connectivity index (χ3v) is 5.26. The largest absolute Gasteiger partial charge is 0.418 e. The van der Waals surface area contributed by atoms with E-state index < -0.39 is 52.9 Å². The molecule has 180 valence electrons.